The molecule has 0 aliphatic carbocycles. The van der Waals surface area contributed by atoms with Crippen molar-refractivity contribution in [2.45, 2.75) is 0 Å². The zero-order valence-electron chi connectivity index (χ0n) is 22.2. The van der Waals surface area contributed by atoms with Crippen molar-refractivity contribution in [3.8, 4) is 11.1 Å². The van der Waals surface area contributed by atoms with Crippen LogP contribution >= 0.6 is 18.5 Å². The van der Waals surface area contributed by atoms with Crippen LogP contribution in [0.15, 0.2) is 152 Å². The minimum atomic E-state index is -3.21. The normalized spacial score (nSPS) is 12.0. The van der Waals surface area contributed by atoms with Gasteiger partial charge >= 0.3 is 0 Å². The van der Waals surface area contributed by atoms with Crippen LogP contribution in [0.2, 0.25) is 0 Å². The number of hydrogen-bond donors (Lipinski definition) is 0. The van der Waals surface area contributed by atoms with Gasteiger partial charge in [0.2, 0.25) is 0 Å². The molecule has 0 saturated carbocycles. The zero-order valence-corrected chi connectivity index (χ0v) is 23.9. The maximum Gasteiger partial charge on any atom is 0.171 e. The third kappa shape index (κ3) is 4.03. The molecule has 0 atom stereocenters. The number of fused-ring (bicyclic) bond motifs is 5. The van der Waals surface area contributed by atoms with E-state index in [0.29, 0.717) is 0 Å². The first-order valence-electron chi connectivity index (χ1n) is 13.8. The van der Waals surface area contributed by atoms with E-state index < -0.39 is 7.14 Å². The van der Waals surface area contributed by atoms with E-state index in [9.17, 15) is 0 Å². The van der Waals surface area contributed by atoms with Crippen molar-refractivity contribution in [1.82, 2.24) is 0 Å². The van der Waals surface area contributed by atoms with Gasteiger partial charge in [-0.1, -0.05) is 109 Å². The van der Waals surface area contributed by atoms with Gasteiger partial charge in [0.25, 0.3) is 0 Å². The quantitative estimate of drug-likeness (QED) is 0.196. The van der Waals surface area contributed by atoms with E-state index in [-0.39, 0.29) is 0 Å². The van der Waals surface area contributed by atoms with E-state index >= 15 is 4.57 Å². The molecule has 194 valence electrons. The van der Waals surface area contributed by atoms with Crippen molar-refractivity contribution < 1.29 is 4.57 Å². The molecule has 41 heavy (non-hydrogen) atoms. The average molecular weight is 561 g/mol. The molecule has 3 heteroatoms. The Morgan fingerprint density at radius 3 is 1.51 bits per heavy atom. The molecule has 0 spiro atoms. The summed E-state index contributed by atoms with van der Waals surface area (Å²) in [6.45, 7) is 0. The van der Waals surface area contributed by atoms with Crippen LogP contribution < -0.4 is 15.9 Å². The largest absolute Gasteiger partial charge is 0.309 e. The van der Waals surface area contributed by atoms with Gasteiger partial charge < -0.3 is 4.57 Å². The topological polar surface area (TPSA) is 17.1 Å². The van der Waals surface area contributed by atoms with Crippen molar-refractivity contribution in [1.29, 1.82) is 0 Å². The highest BCUT2D eigenvalue weighted by Crippen LogP contribution is 2.46. The smallest absolute Gasteiger partial charge is 0.171 e. The fourth-order valence-electron chi connectivity index (χ4n) is 5.96. The molecular formula is C38H25OPS. The molecular weight excluding hydrogens is 535 g/mol. The van der Waals surface area contributed by atoms with Crippen molar-refractivity contribution in [2.24, 2.45) is 0 Å². The second-order valence-electron chi connectivity index (χ2n) is 10.5. The van der Waals surface area contributed by atoms with E-state index in [0.717, 1.165) is 42.8 Å². The van der Waals surface area contributed by atoms with Crippen LogP contribution in [0.3, 0.4) is 0 Å². The first-order chi connectivity index (χ1) is 20.2. The third-order valence-electron chi connectivity index (χ3n) is 8.12. The predicted octanol–water partition coefficient (Wildman–Crippen LogP) is 9.67. The Bertz CT molecular complexity index is 2210. The number of benzene rings is 7. The summed E-state index contributed by atoms with van der Waals surface area (Å²) >= 11 is 1.79. The number of rotatable bonds is 4. The highest BCUT2D eigenvalue weighted by atomic mass is 32.1. The standard InChI is InChI=1S/C38H25OPS/c39-40(32-17-14-27-10-4-6-12-29(27)22-32,33-18-15-28-11-5-7-13-30(28)23-33)34-19-21-38-36(25-34)35-24-31(16-20-37(35)41-38)26-8-2-1-3-9-26/h1-25H. The first kappa shape index (κ1) is 24.3. The van der Waals surface area contributed by atoms with Gasteiger partial charge in [-0.15, -0.1) is 11.3 Å². The molecule has 8 rings (SSSR count). The predicted molar refractivity (Wildman–Crippen MR) is 179 cm³/mol. The molecule has 7 aromatic carbocycles. The minimum Gasteiger partial charge on any atom is -0.309 e. The molecule has 1 aromatic heterocycles. The molecule has 0 aliphatic heterocycles. The molecule has 0 N–H and O–H groups in total. The van der Waals surface area contributed by atoms with E-state index in [1.165, 1.54) is 25.9 Å². The van der Waals surface area contributed by atoms with Gasteiger partial charge in [0.15, 0.2) is 7.14 Å². The number of hydrogen-bond acceptors (Lipinski definition) is 2. The molecule has 0 amide bonds. The van der Waals surface area contributed by atoms with Gasteiger partial charge in [-0.3, -0.25) is 0 Å². The third-order valence-corrected chi connectivity index (χ3v) is 12.3. The van der Waals surface area contributed by atoms with Crippen LogP contribution in [0.4, 0.5) is 0 Å². The number of thiophene rings is 1. The SMILES string of the molecule is O=P(c1ccc2ccccc2c1)(c1ccc2ccccc2c1)c1ccc2sc3ccc(-c4ccccc4)cc3c2c1. The Morgan fingerprint density at radius 1 is 0.390 bits per heavy atom. The fraction of sp³-hybridized carbons (Fsp3) is 0. The lowest BCUT2D eigenvalue weighted by Gasteiger charge is -2.21. The maximum absolute atomic E-state index is 15.7. The van der Waals surface area contributed by atoms with Gasteiger partial charge in [-0.2, -0.15) is 0 Å². The van der Waals surface area contributed by atoms with E-state index in [1.807, 2.05) is 30.3 Å². The summed E-state index contributed by atoms with van der Waals surface area (Å²) in [6, 6.07) is 52.8. The molecule has 0 fully saturated rings. The van der Waals surface area contributed by atoms with Crippen LogP contribution in [-0.2, 0) is 4.57 Å². The monoisotopic (exact) mass is 560 g/mol. The molecule has 1 nitrogen and oxygen atoms in total. The van der Waals surface area contributed by atoms with Gasteiger partial charge in [0.05, 0.1) is 0 Å². The van der Waals surface area contributed by atoms with Crippen LogP contribution in [0.5, 0.6) is 0 Å². The Morgan fingerprint density at radius 2 is 0.878 bits per heavy atom. The van der Waals surface area contributed by atoms with Gasteiger partial charge in [-0.05, 0) is 75.1 Å². The molecule has 0 saturated heterocycles. The molecule has 0 bridgehead atoms. The second kappa shape index (κ2) is 9.56. The second-order valence-corrected chi connectivity index (χ2v) is 14.4. The Hall–Kier alpha value is -4.49. The lowest BCUT2D eigenvalue weighted by molar-refractivity contribution is 0.592. The molecule has 1 heterocycles. The summed E-state index contributed by atoms with van der Waals surface area (Å²) < 4.78 is 18.1. The Kier molecular flexibility index (Phi) is 5.67. The zero-order chi connectivity index (χ0) is 27.4. The van der Waals surface area contributed by atoms with Crippen LogP contribution in [0, 0.1) is 0 Å². The Labute approximate surface area is 242 Å². The van der Waals surface area contributed by atoms with E-state index in [1.54, 1.807) is 11.3 Å². The molecule has 0 aliphatic rings. The minimum absolute atomic E-state index is 0.857. The van der Waals surface area contributed by atoms with E-state index in [4.69, 9.17) is 0 Å². The summed E-state index contributed by atoms with van der Waals surface area (Å²) in [4.78, 5) is 0. The maximum atomic E-state index is 15.7. The average Bonchev–Trinajstić information content (AvgIpc) is 3.41. The Balaban J connectivity index is 1.39. The van der Waals surface area contributed by atoms with Crippen molar-refractivity contribution in [3.63, 3.8) is 0 Å². The summed E-state index contributed by atoms with van der Waals surface area (Å²) in [6.07, 6.45) is 0. The highest BCUT2D eigenvalue weighted by Gasteiger charge is 2.31. The van der Waals surface area contributed by atoms with Crippen molar-refractivity contribution in [2.75, 3.05) is 0 Å². The highest BCUT2D eigenvalue weighted by molar-refractivity contribution is 7.85. The lowest BCUT2D eigenvalue weighted by atomic mass is 10.0. The molecule has 0 unspecified atom stereocenters. The van der Waals surface area contributed by atoms with Crippen LogP contribution in [0.1, 0.15) is 0 Å². The molecule has 0 radical (unpaired) electrons. The van der Waals surface area contributed by atoms with Crippen molar-refractivity contribution in [3.05, 3.63) is 152 Å². The summed E-state index contributed by atoms with van der Waals surface area (Å²) in [5.41, 5.74) is 2.39. The summed E-state index contributed by atoms with van der Waals surface area (Å²) in [7, 11) is -3.21. The lowest BCUT2D eigenvalue weighted by Crippen LogP contribution is -2.25. The van der Waals surface area contributed by atoms with Gasteiger partial charge in [0, 0.05) is 36.1 Å². The van der Waals surface area contributed by atoms with Gasteiger partial charge in [-0.25, -0.2) is 0 Å². The van der Waals surface area contributed by atoms with Crippen LogP contribution in [-0.4, -0.2) is 0 Å². The van der Waals surface area contributed by atoms with Crippen LogP contribution in [0.25, 0.3) is 52.8 Å². The summed E-state index contributed by atoms with van der Waals surface area (Å²) in [5.74, 6) is 0. The van der Waals surface area contributed by atoms with E-state index in [2.05, 4.69) is 121 Å². The fourth-order valence-corrected chi connectivity index (χ4v) is 9.73. The summed E-state index contributed by atoms with van der Waals surface area (Å²) in [5, 5.41) is 9.43. The first-order valence-corrected chi connectivity index (χ1v) is 16.3. The molecule has 8 aromatic rings. The van der Waals surface area contributed by atoms with Gasteiger partial charge in [0.1, 0.15) is 0 Å². The van der Waals surface area contributed by atoms with Crippen molar-refractivity contribution >= 4 is 76.1 Å².